The van der Waals surface area contributed by atoms with Gasteiger partial charge in [0.2, 0.25) is 0 Å². The van der Waals surface area contributed by atoms with E-state index in [0.717, 1.165) is 0 Å². The molecule has 0 aromatic heterocycles. The molecule has 4 N–H and O–H groups in total. The number of nitrogens with two attached hydrogens (primary N) is 2. The Bertz CT molecular complexity index is 6560. The van der Waals surface area contributed by atoms with E-state index in [1.54, 1.807) is 24.3 Å². The SMILES string of the molecule is Nc1ccc([Si]23O[Si]4(c5ccccc5)O[Si]5(c6ccccc6)O[Si]6(c7ccccc7)O[Si](c7ccccc7)(O4)O[Si](c4ccccc4)(O[Si](c4ccccc4)(O6)O[Si](c4ccccc4)(O5)O2)O3)cc1.Nc1cccc([Si]23O[Si]4(c5ccccc5)O[Si]5(c6ccccc6)O[Si]6(c7ccccc7)O[Si](c7ccccc7)(O4)O[Si](c4ccccc4)(O[Si](c4ccccc4)(O6)O[Si](c4ccccc4)(O5)O2)O3)c1. The molecule has 12 saturated heterocycles. The van der Waals surface area contributed by atoms with Gasteiger partial charge in [-0.2, -0.15) is 0 Å². The molecule has 42 heteroatoms. The lowest BCUT2D eigenvalue weighted by Crippen LogP contribution is -2.96. The summed E-state index contributed by atoms with van der Waals surface area (Å²) in [5.41, 5.74) is 14.2. The molecule has 0 saturated carbocycles. The summed E-state index contributed by atoms with van der Waals surface area (Å²) < 4.78 is 194. The zero-order valence-corrected chi connectivity index (χ0v) is 89.0. The van der Waals surface area contributed by atoms with Crippen LogP contribution in [0.2, 0.25) is 0 Å². The van der Waals surface area contributed by atoms with Gasteiger partial charge in [0.15, 0.2) is 0 Å². The predicted molar refractivity (Wildman–Crippen MR) is 544 cm³/mol. The molecular weight excluding hydrogens is 2010 g/mol. The minimum atomic E-state index is -4.84. The van der Waals surface area contributed by atoms with E-state index in [2.05, 4.69) is 0 Å². The lowest BCUT2D eigenvalue weighted by Gasteiger charge is -2.62. The van der Waals surface area contributed by atoms with Gasteiger partial charge in [-0.25, -0.2) is 0 Å². The lowest BCUT2D eigenvalue weighted by atomic mass is 10.3. The first-order chi connectivity index (χ1) is 67.4. The molecule has 138 heavy (non-hydrogen) atoms. The first-order valence-electron chi connectivity index (χ1n) is 44.8. The van der Waals surface area contributed by atoms with Crippen LogP contribution in [0.3, 0.4) is 0 Å². The fraction of sp³-hybridized carbons (Fsp3) is 0. The fourth-order valence-corrected chi connectivity index (χ4v) is 111. The highest BCUT2D eigenvalue weighted by atomic mass is 28.6. The first-order valence-corrected chi connectivity index (χ1v) is 72.4. The molecule has 16 aromatic rings. The third-order valence-electron chi connectivity index (χ3n) is 24.7. The van der Waals surface area contributed by atoms with Crippen molar-refractivity contribution >= 4 is 235 Å². The molecule has 26 nitrogen and oxygen atoms in total. The van der Waals surface area contributed by atoms with Crippen molar-refractivity contribution in [3.05, 3.63) is 473 Å². The minimum Gasteiger partial charge on any atom is -0.399 e. The molecule has 12 fully saturated rings. The summed E-state index contributed by atoms with van der Waals surface area (Å²) in [4.78, 5) is 0. The molecule has 0 unspecified atom stereocenters. The van der Waals surface area contributed by atoms with Gasteiger partial charge in [-0.3, -0.25) is 0 Å². The number of anilines is 2. The second-order valence-electron chi connectivity index (χ2n) is 33.7. The van der Waals surface area contributed by atoms with Gasteiger partial charge in [0, 0.05) is 94.4 Å². The highest BCUT2D eigenvalue weighted by molar-refractivity contribution is 7.17. The molecule has 0 radical (unpaired) electrons. The number of hydrogen-bond donors (Lipinski definition) is 2. The lowest BCUT2D eigenvalue weighted by molar-refractivity contribution is -0.00766. The fourth-order valence-electron chi connectivity index (χ4n) is 18.5. The average Bonchev–Trinajstić information content (AvgIpc) is 0.667. The van der Waals surface area contributed by atoms with Crippen molar-refractivity contribution in [1.29, 1.82) is 0 Å². The maximum absolute atomic E-state index is 8.10. The smallest absolute Gasteiger partial charge is 0.399 e. The molecular formula is C96H82N2O24Si16. The summed E-state index contributed by atoms with van der Waals surface area (Å²) in [7, 11) is -76.5. The van der Waals surface area contributed by atoms with Gasteiger partial charge in [-0.15, -0.1) is 0 Å². The van der Waals surface area contributed by atoms with Crippen LogP contribution in [0, 0.1) is 0 Å². The molecule has 12 aliphatic rings. The summed E-state index contributed by atoms with van der Waals surface area (Å²) in [5.74, 6) is 0. The zero-order valence-electron chi connectivity index (χ0n) is 73.0. The van der Waals surface area contributed by atoms with Crippen molar-refractivity contribution in [3.8, 4) is 0 Å². The Hall–Kier alpha value is -10.4. The van der Waals surface area contributed by atoms with Gasteiger partial charge < -0.3 is 110 Å². The Labute approximate surface area is 812 Å². The van der Waals surface area contributed by atoms with Crippen LogP contribution < -0.4 is 94.5 Å². The van der Waals surface area contributed by atoms with E-state index >= 15 is 0 Å². The minimum absolute atomic E-state index is 0.424. The molecule has 0 atom stereocenters. The summed E-state index contributed by atoms with van der Waals surface area (Å²) in [5, 5.41) is 8.66. The third-order valence-corrected chi connectivity index (χ3v) is 93.0. The van der Waals surface area contributed by atoms with Gasteiger partial charge in [-0.05, 0) is 24.3 Å². The Morgan fingerprint density at radius 2 is 0.196 bits per heavy atom. The second kappa shape index (κ2) is 34.2. The average molecular weight is 2100 g/mol. The maximum Gasteiger partial charge on any atom is 0.515 e. The molecule has 12 heterocycles. The van der Waals surface area contributed by atoms with Crippen LogP contribution in [0.15, 0.2) is 473 Å². The predicted octanol–water partition coefficient (Wildman–Crippen LogP) is 5.21. The van der Waals surface area contributed by atoms with Gasteiger partial charge >= 0.3 is 141 Å². The van der Waals surface area contributed by atoms with E-state index < -0.39 is 141 Å². The van der Waals surface area contributed by atoms with Crippen LogP contribution in [0.25, 0.3) is 0 Å². The van der Waals surface area contributed by atoms with E-state index in [0.29, 0.717) is 94.4 Å². The Kier molecular flexibility index (Phi) is 22.1. The Balaban J connectivity index is 0.000000146. The van der Waals surface area contributed by atoms with Crippen molar-refractivity contribution in [1.82, 2.24) is 0 Å². The number of rotatable bonds is 16. The summed E-state index contributed by atoms with van der Waals surface area (Å²) in [6.45, 7) is 0. The highest BCUT2D eigenvalue weighted by Crippen LogP contribution is 2.52. The molecule has 0 amide bonds. The van der Waals surface area contributed by atoms with Crippen molar-refractivity contribution in [2.75, 3.05) is 11.5 Å². The summed E-state index contributed by atoms with van der Waals surface area (Å²) in [6.07, 6.45) is 0. The van der Waals surface area contributed by atoms with Crippen molar-refractivity contribution in [2.45, 2.75) is 0 Å². The Morgan fingerprint density at radius 3 is 0.312 bits per heavy atom. The van der Waals surface area contributed by atoms with Crippen LogP contribution in [0.4, 0.5) is 11.4 Å². The maximum atomic E-state index is 8.10. The van der Waals surface area contributed by atoms with Crippen LogP contribution in [-0.4, -0.2) is 141 Å². The Morgan fingerprint density at radius 1 is 0.0942 bits per heavy atom. The number of hydrogen-bond acceptors (Lipinski definition) is 26. The van der Waals surface area contributed by atoms with Crippen LogP contribution >= 0.6 is 0 Å². The zero-order chi connectivity index (χ0) is 92.5. The monoisotopic (exact) mass is 2090 g/mol. The normalized spacial score (nSPS) is 33.3. The summed E-state index contributed by atoms with van der Waals surface area (Å²) in [6, 6.07) is 148. The molecule has 16 aromatic carbocycles. The van der Waals surface area contributed by atoms with Crippen molar-refractivity contribution in [2.24, 2.45) is 0 Å². The topological polar surface area (TPSA) is 274 Å². The standard InChI is InChI=1S/2C48H41NO12Si8/c49-40-23-22-38-48(39-40)69-59-66(45-32-16-5-17-33-45)53-63(42-26-10-2-11-27-42)50-62(41-24-8-1-9-25-41)51-64(55-66,43-28-12-3-13-29-43)57-68(61-69,47-36-20-7-21-37-47)58-65(52-62,44-30-14-4-15-31-44)56-67(54-63,60-69)46-34-18-6-19-35-46;49-40-36-38-48(39-37-40)69-59-66(45-30-16-5-17-31-45)53-63(42-24-10-2-11-25-42)50-62(41-22-8-1-9-23-41)51-64(55-66,43-26-12-3-13-27-43)57-68(61-69,47-34-20-7-21-35-47)58-65(52-62,44-28-14-4-15-29-44)56-67(54-63,60-69)46-32-18-6-19-33-46/h2*1-39H,49H2. The van der Waals surface area contributed by atoms with Crippen LogP contribution in [-0.2, 0) is 98.8 Å². The van der Waals surface area contributed by atoms with E-state index in [1.165, 1.54) is 0 Å². The van der Waals surface area contributed by atoms with Gasteiger partial charge in [0.05, 0.1) is 0 Å². The van der Waals surface area contributed by atoms with E-state index in [1.807, 2.05) is 449 Å². The number of nitrogen functional groups attached to an aromatic ring is 2. The van der Waals surface area contributed by atoms with Crippen molar-refractivity contribution in [3.63, 3.8) is 0 Å². The summed E-state index contributed by atoms with van der Waals surface area (Å²) >= 11 is 0. The number of benzene rings is 16. The third kappa shape index (κ3) is 14.9. The van der Waals surface area contributed by atoms with Gasteiger partial charge in [0.1, 0.15) is 0 Å². The largest absolute Gasteiger partial charge is 0.515 e. The van der Waals surface area contributed by atoms with Crippen molar-refractivity contribution < 1.29 is 98.8 Å². The first kappa shape index (κ1) is 89.0. The molecule has 28 rings (SSSR count). The van der Waals surface area contributed by atoms with Gasteiger partial charge in [-0.1, -0.05) is 449 Å². The van der Waals surface area contributed by atoms with Gasteiger partial charge in [0.25, 0.3) is 0 Å². The molecule has 684 valence electrons. The van der Waals surface area contributed by atoms with Crippen LogP contribution in [0.5, 0.6) is 0 Å². The van der Waals surface area contributed by atoms with E-state index in [4.69, 9.17) is 110 Å². The van der Waals surface area contributed by atoms with E-state index in [9.17, 15) is 0 Å². The van der Waals surface area contributed by atoms with E-state index in [-0.39, 0.29) is 0 Å². The molecule has 0 aliphatic carbocycles. The highest BCUT2D eigenvalue weighted by Gasteiger charge is 2.90. The van der Waals surface area contributed by atoms with Crippen LogP contribution in [0.1, 0.15) is 0 Å². The quantitative estimate of drug-likeness (QED) is 0.0928. The molecule has 16 bridgehead atoms. The molecule has 12 aliphatic heterocycles. The second-order valence-corrected chi connectivity index (χ2v) is 80.4. The molecule has 0 spiro atoms.